The number of hydrogen-bond donors (Lipinski definition) is 1. The minimum Gasteiger partial charge on any atom is -0.310 e. The van der Waals surface area contributed by atoms with Crippen molar-refractivity contribution >= 4 is 15.9 Å². The minimum atomic E-state index is 0.499. The third kappa shape index (κ3) is 3.65. The van der Waals surface area contributed by atoms with E-state index in [0.29, 0.717) is 6.04 Å². The highest BCUT2D eigenvalue weighted by Gasteiger charge is 2.03. The van der Waals surface area contributed by atoms with Crippen LogP contribution in [0.4, 0.5) is 0 Å². The molecule has 0 amide bonds. The number of hydrogen-bond acceptors (Lipinski definition) is 3. The third-order valence-electron chi connectivity index (χ3n) is 2.63. The van der Waals surface area contributed by atoms with Crippen LogP contribution >= 0.6 is 15.9 Å². The molecule has 1 aromatic carbocycles. The van der Waals surface area contributed by atoms with E-state index >= 15 is 0 Å². The average Bonchev–Trinajstić information content (AvgIpc) is 2.82. The van der Waals surface area contributed by atoms with Crippen molar-refractivity contribution in [2.45, 2.75) is 33.0 Å². The molecule has 0 aliphatic carbocycles. The quantitative estimate of drug-likeness (QED) is 0.923. The summed E-state index contributed by atoms with van der Waals surface area (Å²) in [5.41, 5.74) is 2.48. The third-order valence-corrected chi connectivity index (χ3v) is 3.37. The van der Waals surface area contributed by atoms with Crippen molar-refractivity contribution in [1.29, 1.82) is 0 Å². The summed E-state index contributed by atoms with van der Waals surface area (Å²) in [5, 5.41) is 7.51. The second-order valence-corrected chi connectivity index (χ2v) is 5.41. The molecule has 0 atom stereocenters. The second kappa shape index (κ2) is 6.11. The van der Waals surface area contributed by atoms with Crippen LogP contribution in [-0.4, -0.2) is 20.8 Å². The lowest BCUT2D eigenvalue weighted by molar-refractivity contribution is 0.588. The van der Waals surface area contributed by atoms with Gasteiger partial charge in [0.05, 0.1) is 6.54 Å². The van der Waals surface area contributed by atoms with Gasteiger partial charge in [-0.3, -0.25) is 0 Å². The Morgan fingerprint density at radius 3 is 2.83 bits per heavy atom. The Morgan fingerprint density at radius 1 is 1.39 bits per heavy atom. The molecule has 0 spiro atoms. The lowest BCUT2D eigenvalue weighted by Crippen LogP contribution is -2.21. The predicted octanol–water partition coefficient (Wildman–Crippen LogP) is 2.59. The lowest BCUT2D eigenvalue weighted by Gasteiger charge is -2.10. The fraction of sp³-hybridized carbons (Fsp3) is 0.385. The number of aromatic nitrogens is 3. The fourth-order valence-electron chi connectivity index (χ4n) is 1.64. The SMILES string of the molecule is CC(C)NCc1ccc(Cn2cncn2)c(Br)c1. The van der Waals surface area contributed by atoms with E-state index < -0.39 is 0 Å². The summed E-state index contributed by atoms with van der Waals surface area (Å²) in [7, 11) is 0. The first-order chi connectivity index (χ1) is 8.65. The van der Waals surface area contributed by atoms with Crippen LogP contribution in [0, 0.1) is 0 Å². The lowest BCUT2D eigenvalue weighted by atomic mass is 10.1. The molecule has 5 heteroatoms. The van der Waals surface area contributed by atoms with Crippen LogP contribution in [0.1, 0.15) is 25.0 Å². The predicted molar refractivity (Wildman–Crippen MR) is 75.2 cm³/mol. The van der Waals surface area contributed by atoms with E-state index in [1.165, 1.54) is 11.1 Å². The Hall–Kier alpha value is -1.20. The Kier molecular flexibility index (Phi) is 4.49. The first-order valence-corrected chi connectivity index (χ1v) is 6.77. The van der Waals surface area contributed by atoms with Crippen LogP contribution in [0.15, 0.2) is 35.3 Å². The van der Waals surface area contributed by atoms with Gasteiger partial charge >= 0.3 is 0 Å². The molecule has 0 saturated heterocycles. The van der Waals surface area contributed by atoms with Gasteiger partial charge in [-0.1, -0.05) is 41.9 Å². The molecule has 18 heavy (non-hydrogen) atoms. The maximum atomic E-state index is 4.11. The summed E-state index contributed by atoms with van der Waals surface area (Å²) in [6.07, 6.45) is 3.27. The molecule has 0 fully saturated rings. The minimum absolute atomic E-state index is 0.499. The number of nitrogens with one attached hydrogen (secondary N) is 1. The number of benzene rings is 1. The van der Waals surface area contributed by atoms with Gasteiger partial charge in [-0.15, -0.1) is 0 Å². The molecule has 2 aromatic rings. The van der Waals surface area contributed by atoms with Gasteiger partial charge < -0.3 is 5.32 Å². The monoisotopic (exact) mass is 308 g/mol. The molecule has 0 aliphatic heterocycles. The zero-order chi connectivity index (χ0) is 13.0. The highest BCUT2D eigenvalue weighted by molar-refractivity contribution is 9.10. The van der Waals surface area contributed by atoms with Crippen LogP contribution in [-0.2, 0) is 13.1 Å². The first kappa shape index (κ1) is 13.2. The van der Waals surface area contributed by atoms with Crippen LogP contribution in [0.25, 0.3) is 0 Å². The molecule has 4 nitrogen and oxygen atoms in total. The Labute approximate surface area is 116 Å². The van der Waals surface area contributed by atoms with E-state index in [4.69, 9.17) is 0 Å². The summed E-state index contributed by atoms with van der Waals surface area (Å²) >= 11 is 3.61. The van der Waals surface area contributed by atoms with Crippen molar-refractivity contribution in [2.75, 3.05) is 0 Å². The zero-order valence-corrected chi connectivity index (χ0v) is 12.2. The van der Waals surface area contributed by atoms with Crippen molar-refractivity contribution in [3.8, 4) is 0 Å². The van der Waals surface area contributed by atoms with Crippen molar-refractivity contribution < 1.29 is 0 Å². The van der Waals surface area contributed by atoms with Crippen LogP contribution in [0.5, 0.6) is 0 Å². The second-order valence-electron chi connectivity index (χ2n) is 4.55. The Balaban J connectivity index is 2.05. The summed E-state index contributed by atoms with van der Waals surface area (Å²) in [5.74, 6) is 0. The highest BCUT2D eigenvalue weighted by Crippen LogP contribution is 2.19. The van der Waals surface area contributed by atoms with Gasteiger partial charge in [-0.05, 0) is 17.2 Å². The van der Waals surface area contributed by atoms with Gasteiger partial charge in [0.2, 0.25) is 0 Å². The smallest absolute Gasteiger partial charge is 0.137 e. The maximum absolute atomic E-state index is 4.11. The van der Waals surface area contributed by atoms with E-state index in [-0.39, 0.29) is 0 Å². The van der Waals surface area contributed by atoms with Crippen LogP contribution in [0.3, 0.4) is 0 Å². The van der Waals surface area contributed by atoms with Crippen molar-refractivity contribution in [3.05, 3.63) is 46.5 Å². The molecule has 0 saturated carbocycles. The van der Waals surface area contributed by atoms with E-state index in [0.717, 1.165) is 17.6 Å². The van der Waals surface area contributed by atoms with E-state index in [2.05, 4.69) is 63.4 Å². The summed E-state index contributed by atoms with van der Waals surface area (Å²) in [6.45, 7) is 5.92. The number of halogens is 1. The van der Waals surface area contributed by atoms with Gasteiger partial charge in [0.25, 0.3) is 0 Å². The molecule has 1 N–H and O–H groups in total. The van der Waals surface area contributed by atoms with Crippen LogP contribution in [0.2, 0.25) is 0 Å². The van der Waals surface area contributed by atoms with Gasteiger partial charge in [-0.25, -0.2) is 9.67 Å². The zero-order valence-electron chi connectivity index (χ0n) is 10.6. The van der Waals surface area contributed by atoms with Gasteiger partial charge in [0.1, 0.15) is 12.7 Å². The van der Waals surface area contributed by atoms with E-state index in [1.54, 1.807) is 12.7 Å². The molecule has 0 bridgehead atoms. The molecule has 96 valence electrons. The van der Waals surface area contributed by atoms with Crippen molar-refractivity contribution in [3.63, 3.8) is 0 Å². The fourth-order valence-corrected chi connectivity index (χ4v) is 2.19. The molecular formula is C13H17BrN4. The first-order valence-electron chi connectivity index (χ1n) is 5.98. The summed E-state index contributed by atoms with van der Waals surface area (Å²) in [4.78, 5) is 3.94. The largest absolute Gasteiger partial charge is 0.310 e. The maximum Gasteiger partial charge on any atom is 0.137 e. The molecule has 0 aliphatic rings. The number of nitrogens with zero attached hydrogens (tertiary/aromatic N) is 3. The topological polar surface area (TPSA) is 42.7 Å². The Bertz CT molecular complexity index is 494. The molecule has 1 aromatic heterocycles. The number of rotatable bonds is 5. The summed E-state index contributed by atoms with van der Waals surface area (Å²) < 4.78 is 2.92. The normalized spacial score (nSPS) is 11.1. The van der Waals surface area contributed by atoms with Crippen LogP contribution < -0.4 is 5.32 Å². The van der Waals surface area contributed by atoms with E-state index in [1.807, 2.05) is 4.68 Å². The molecule has 2 rings (SSSR count). The van der Waals surface area contributed by atoms with Crippen molar-refractivity contribution in [1.82, 2.24) is 20.1 Å². The summed E-state index contributed by atoms with van der Waals surface area (Å²) in [6, 6.07) is 6.93. The Morgan fingerprint density at radius 2 is 2.22 bits per heavy atom. The van der Waals surface area contributed by atoms with Crippen molar-refractivity contribution in [2.24, 2.45) is 0 Å². The van der Waals surface area contributed by atoms with Gasteiger partial charge in [-0.2, -0.15) is 5.10 Å². The highest BCUT2D eigenvalue weighted by atomic mass is 79.9. The molecule has 0 unspecified atom stereocenters. The molecule has 0 radical (unpaired) electrons. The standard InChI is InChI=1S/C13H17BrN4/c1-10(2)16-6-11-3-4-12(13(14)5-11)7-18-9-15-8-17-18/h3-5,8-10,16H,6-7H2,1-2H3. The molecule has 1 heterocycles. The molecular weight excluding hydrogens is 292 g/mol. The van der Waals surface area contributed by atoms with Gasteiger partial charge in [0, 0.05) is 17.1 Å². The van der Waals surface area contributed by atoms with Gasteiger partial charge in [0.15, 0.2) is 0 Å². The van der Waals surface area contributed by atoms with E-state index in [9.17, 15) is 0 Å². The average molecular weight is 309 g/mol.